The predicted octanol–water partition coefficient (Wildman–Crippen LogP) is 1.68. The number of hydrogen-bond donors (Lipinski definition) is 1. The smallest absolute Gasteiger partial charge is 0.226 e. The van der Waals surface area contributed by atoms with Crippen LogP contribution in [-0.2, 0) is 11.2 Å². The number of amides is 1. The molecule has 0 heterocycles. The number of nitrogens with two attached hydrogens (primary N) is 1. The third-order valence-electron chi connectivity index (χ3n) is 3.05. The largest absolute Gasteiger partial charge is 0.398 e. The van der Waals surface area contributed by atoms with Gasteiger partial charge in [0.05, 0.1) is 6.42 Å². The number of carbonyl (C=O) groups is 1. The van der Waals surface area contributed by atoms with E-state index < -0.39 is 0 Å². The van der Waals surface area contributed by atoms with E-state index in [9.17, 15) is 4.79 Å². The van der Waals surface area contributed by atoms with Gasteiger partial charge in [0.25, 0.3) is 0 Å². The highest BCUT2D eigenvalue weighted by molar-refractivity contribution is 5.80. The van der Waals surface area contributed by atoms with Crippen LogP contribution in [0.2, 0.25) is 0 Å². The number of carbonyl (C=O) groups excluding carboxylic acids is 1. The lowest BCUT2D eigenvalue weighted by Gasteiger charge is -2.17. The summed E-state index contributed by atoms with van der Waals surface area (Å²) in [6.45, 7) is 0.894. The van der Waals surface area contributed by atoms with Crippen molar-refractivity contribution in [1.82, 2.24) is 4.90 Å². The molecule has 1 fully saturated rings. The lowest BCUT2D eigenvalue weighted by Crippen LogP contribution is -2.30. The molecule has 0 radical (unpaired) electrons. The van der Waals surface area contributed by atoms with Crippen molar-refractivity contribution in [3.05, 3.63) is 29.8 Å². The Hall–Kier alpha value is -1.51. The summed E-state index contributed by atoms with van der Waals surface area (Å²) in [7, 11) is 1.87. The third-order valence-corrected chi connectivity index (χ3v) is 3.05. The van der Waals surface area contributed by atoms with E-state index in [1.54, 1.807) is 0 Å². The Labute approximate surface area is 96.2 Å². The summed E-state index contributed by atoms with van der Waals surface area (Å²) in [6.07, 6.45) is 2.95. The molecule has 1 aliphatic carbocycles. The van der Waals surface area contributed by atoms with Crippen LogP contribution in [0.25, 0.3) is 0 Å². The minimum Gasteiger partial charge on any atom is -0.398 e. The van der Waals surface area contributed by atoms with E-state index in [1.165, 1.54) is 12.8 Å². The molecule has 0 bridgehead atoms. The van der Waals surface area contributed by atoms with Crippen LogP contribution >= 0.6 is 0 Å². The van der Waals surface area contributed by atoms with E-state index in [0.717, 1.165) is 18.0 Å². The predicted molar refractivity (Wildman–Crippen MR) is 64.9 cm³/mol. The zero-order chi connectivity index (χ0) is 11.5. The molecule has 0 spiro atoms. The molecule has 0 aromatic heterocycles. The maximum absolute atomic E-state index is 11.9. The van der Waals surface area contributed by atoms with Gasteiger partial charge >= 0.3 is 0 Å². The fraction of sp³-hybridized carbons (Fsp3) is 0.462. The molecular weight excluding hydrogens is 200 g/mol. The topological polar surface area (TPSA) is 46.3 Å². The number of nitrogens with zero attached hydrogens (tertiary/aromatic N) is 1. The van der Waals surface area contributed by atoms with Crippen molar-refractivity contribution in [2.75, 3.05) is 19.3 Å². The normalized spacial score (nSPS) is 14.8. The second-order valence-corrected chi connectivity index (χ2v) is 4.59. The minimum absolute atomic E-state index is 0.157. The first-order valence-electron chi connectivity index (χ1n) is 5.74. The van der Waals surface area contributed by atoms with E-state index in [-0.39, 0.29) is 5.91 Å². The molecule has 16 heavy (non-hydrogen) atoms. The molecule has 0 unspecified atom stereocenters. The fourth-order valence-corrected chi connectivity index (χ4v) is 1.78. The van der Waals surface area contributed by atoms with Crippen molar-refractivity contribution >= 4 is 11.6 Å². The molecule has 0 saturated heterocycles. The van der Waals surface area contributed by atoms with Crippen molar-refractivity contribution < 1.29 is 4.79 Å². The van der Waals surface area contributed by atoms with Crippen molar-refractivity contribution in [2.24, 2.45) is 5.92 Å². The van der Waals surface area contributed by atoms with Crippen molar-refractivity contribution in [2.45, 2.75) is 19.3 Å². The second-order valence-electron chi connectivity index (χ2n) is 4.59. The molecule has 0 atom stereocenters. The van der Waals surface area contributed by atoms with Gasteiger partial charge in [-0.3, -0.25) is 4.79 Å². The number of nitrogen functional groups attached to an aromatic ring is 1. The molecule has 2 rings (SSSR count). The Balaban J connectivity index is 1.93. The lowest BCUT2D eigenvalue weighted by molar-refractivity contribution is -0.129. The summed E-state index contributed by atoms with van der Waals surface area (Å²) in [4.78, 5) is 13.7. The van der Waals surface area contributed by atoms with Crippen molar-refractivity contribution in [3.63, 3.8) is 0 Å². The van der Waals surface area contributed by atoms with Gasteiger partial charge in [0.1, 0.15) is 0 Å². The number of rotatable bonds is 4. The van der Waals surface area contributed by atoms with Crippen molar-refractivity contribution in [1.29, 1.82) is 0 Å². The van der Waals surface area contributed by atoms with E-state index in [1.807, 2.05) is 36.2 Å². The standard InChI is InChI=1S/C13H18N2O/c1-15(9-10-6-7-10)13(16)8-11-4-2-3-5-12(11)14/h2-5,10H,6-9,14H2,1H3. The molecule has 1 amide bonds. The van der Waals surface area contributed by atoms with Crippen LogP contribution in [0.1, 0.15) is 18.4 Å². The summed E-state index contributed by atoms with van der Waals surface area (Å²) in [5.41, 5.74) is 7.44. The summed E-state index contributed by atoms with van der Waals surface area (Å²) >= 11 is 0. The first-order chi connectivity index (χ1) is 7.66. The number of likely N-dealkylation sites (N-methyl/N-ethyl adjacent to an activating group) is 1. The number of anilines is 1. The molecule has 3 nitrogen and oxygen atoms in total. The zero-order valence-corrected chi connectivity index (χ0v) is 9.65. The van der Waals surface area contributed by atoms with Crippen LogP contribution in [0.15, 0.2) is 24.3 Å². The molecule has 1 aromatic rings. The minimum atomic E-state index is 0.157. The lowest BCUT2D eigenvalue weighted by atomic mass is 10.1. The average molecular weight is 218 g/mol. The van der Waals surface area contributed by atoms with Gasteiger partial charge in [-0.25, -0.2) is 0 Å². The van der Waals surface area contributed by atoms with E-state index in [4.69, 9.17) is 5.73 Å². The highest BCUT2D eigenvalue weighted by Gasteiger charge is 2.24. The number of benzene rings is 1. The number of hydrogen-bond acceptors (Lipinski definition) is 2. The molecule has 2 N–H and O–H groups in total. The van der Waals surface area contributed by atoms with E-state index >= 15 is 0 Å². The van der Waals surface area contributed by atoms with Crippen LogP contribution < -0.4 is 5.73 Å². The maximum atomic E-state index is 11.9. The molecular formula is C13H18N2O. The van der Waals surface area contributed by atoms with Crippen molar-refractivity contribution in [3.8, 4) is 0 Å². The van der Waals surface area contributed by atoms with Crippen LogP contribution in [-0.4, -0.2) is 24.4 Å². The fourth-order valence-electron chi connectivity index (χ4n) is 1.78. The molecule has 86 valence electrons. The van der Waals surface area contributed by atoms with Gasteiger partial charge in [0.2, 0.25) is 5.91 Å². The van der Waals surface area contributed by atoms with Crippen LogP contribution in [0.4, 0.5) is 5.69 Å². The van der Waals surface area contributed by atoms with E-state index in [2.05, 4.69) is 0 Å². The molecule has 1 aromatic carbocycles. The van der Waals surface area contributed by atoms with Gasteiger partial charge in [-0.05, 0) is 30.4 Å². The summed E-state index contributed by atoms with van der Waals surface area (Å²) in [5, 5.41) is 0. The van der Waals surface area contributed by atoms with Crippen LogP contribution in [0.5, 0.6) is 0 Å². The Bertz CT molecular complexity index is 385. The Morgan fingerprint density at radius 2 is 2.12 bits per heavy atom. The average Bonchev–Trinajstić information content (AvgIpc) is 3.05. The monoisotopic (exact) mass is 218 g/mol. The van der Waals surface area contributed by atoms with Crippen LogP contribution in [0.3, 0.4) is 0 Å². The van der Waals surface area contributed by atoms with Gasteiger partial charge in [-0.15, -0.1) is 0 Å². The highest BCUT2D eigenvalue weighted by atomic mass is 16.2. The molecule has 1 saturated carbocycles. The molecule has 1 aliphatic rings. The highest BCUT2D eigenvalue weighted by Crippen LogP contribution is 2.29. The molecule has 0 aliphatic heterocycles. The van der Waals surface area contributed by atoms with Gasteiger partial charge < -0.3 is 10.6 Å². The Morgan fingerprint density at radius 3 is 2.75 bits per heavy atom. The Kier molecular flexibility index (Phi) is 3.13. The number of para-hydroxylation sites is 1. The quantitative estimate of drug-likeness (QED) is 0.781. The summed E-state index contributed by atoms with van der Waals surface area (Å²) < 4.78 is 0. The van der Waals surface area contributed by atoms with Gasteiger partial charge in [-0.2, -0.15) is 0 Å². The summed E-state index contributed by atoms with van der Waals surface area (Å²) in [5.74, 6) is 0.895. The first kappa shape index (κ1) is 11.0. The Morgan fingerprint density at radius 1 is 1.44 bits per heavy atom. The SMILES string of the molecule is CN(CC1CC1)C(=O)Cc1ccccc1N. The van der Waals surface area contributed by atoms with Crippen LogP contribution in [0, 0.1) is 5.92 Å². The second kappa shape index (κ2) is 4.56. The van der Waals surface area contributed by atoms with Gasteiger partial charge in [0, 0.05) is 19.3 Å². The summed E-state index contributed by atoms with van der Waals surface area (Å²) in [6, 6.07) is 7.55. The van der Waals surface area contributed by atoms with Gasteiger partial charge in [0.15, 0.2) is 0 Å². The zero-order valence-electron chi connectivity index (χ0n) is 9.65. The molecule has 3 heteroatoms. The maximum Gasteiger partial charge on any atom is 0.226 e. The third kappa shape index (κ3) is 2.75. The first-order valence-corrected chi connectivity index (χ1v) is 5.74. The van der Waals surface area contributed by atoms with E-state index in [0.29, 0.717) is 12.1 Å². The van der Waals surface area contributed by atoms with Gasteiger partial charge in [-0.1, -0.05) is 18.2 Å².